The predicted octanol–water partition coefficient (Wildman–Crippen LogP) is 3.83. The van der Waals surface area contributed by atoms with Crippen LogP contribution < -0.4 is 10.2 Å². The minimum atomic E-state index is -0.276. The summed E-state index contributed by atoms with van der Waals surface area (Å²) < 4.78 is 13.0. The van der Waals surface area contributed by atoms with Gasteiger partial charge < -0.3 is 20.6 Å². The third-order valence-corrected chi connectivity index (χ3v) is 6.33. The van der Waals surface area contributed by atoms with Gasteiger partial charge in [0.05, 0.1) is 4.88 Å². The Morgan fingerprint density at radius 2 is 1.68 bits per heavy atom. The van der Waals surface area contributed by atoms with Gasteiger partial charge in [0, 0.05) is 48.9 Å². The summed E-state index contributed by atoms with van der Waals surface area (Å²) in [5.41, 5.74) is 3.26. The van der Waals surface area contributed by atoms with E-state index in [1.54, 1.807) is 12.1 Å². The van der Waals surface area contributed by atoms with Crippen molar-refractivity contribution in [2.45, 2.75) is 6.54 Å². The van der Waals surface area contributed by atoms with Crippen LogP contribution in [0.25, 0.3) is 10.4 Å². The summed E-state index contributed by atoms with van der Waals surface area (Å²) in [4.78, 5) is 19.1. The molecule has 31 heavy (non-hydrogen) atoms. The second kappa shape index (κ2) is 11.2. The molecule has 0 atom stereocenters. The minimum absolute atomic E-state index is 0. The molecular weight excluding hydrogens is 437 g/mol. The Labute approximate surface area is 192 Å². The first-order valence-electron chi connectivity index (χ1n) is 9.75. The lowest BCUT2D eigenvalue weighted by molar-refractivity contribution is 0.0955. The summed E-state index contributed by atoms with van der Waals surface area (Å²) in [6.45, 7) is 4.49. The van der Waals surface area contributed by atoms with E-state index in [1.165, 1.54) is 34.7 Å². The molecule has 0 radical (unpaired) electrons. The highest BCUT2D eigenvalue weighted by Gasteiger charge is 2.19. The standard InChI is InChI=1S/C23H24FN3OS.ClH.H2O/c1-26-12-14-27(15-13-26)20-5-3-2-4-19(20)21-10-11-22(29-21)23(28)25-16-17-6-8-18(24)9-7-17;;/h2-11H,12-16H2,1H3,(H,25,28);1H;1H2. The smallest absolute Gasteiger partial charge is 0.261 e. The zero-order valence-electron chi connectivity index (χ0n) is 17.3. The van der Waals surface area contributed by atoms with Crippen LogP contribution >= 0.6 is 23.7 Å². The molecule has 0 spiro atoms. The van der Waals surface area contributed by atoms with Gasteiger partial charge in [-0.3, -0.25) is 4.79 Å². The molecular formula is C23H27ClFN3O2S. The number of likely N-dealkylation sites (N-methyl/N-ethyl adjacent to an activating group) is 1. The van der Waals surface area contributed by atoms with E-state index < -0.39 is 0 Å². The fourth-order valence-electron chi connectivity index (χ4n) is 3.48. The molecule has 4 rings (SSSR count). The predicted molar refractivity (Wildman–Crippen MR) is 128 cm³/mol. The van der Waals surface area contributed by atoms with Gasteiger partial charge in [-0.25, -0.2) is 4.39 Å². The number of para-hydroxylation sites is 1. The lowest BCUT2D eigenvalue weighted by Crippen LogP contribution is -2.44. The minimum Gasteiger partial charge on any atom is -0.412 e. The molecule has 2 aromatic carbocycles. The van der Waals surface area contributed by atoms with Crippen molar-refractivity contribution in [2.75, 3.05) is 38.1 Å². The molecule has 0 bridgehead atoms. The first-order chi connectivity index (χ1) is 14.1. The molecule has 0 saturated carbocycles. The number of benzene rings is 2. The van der Waals surface area contributed by atoms with Gasteiger partial charge in [0.1, 0.15) is 5.82 Å². The lowest BCUT2D eigenvalue weighted by Gasteiger charge is -2.35. The average molecular weight is 464 g/mol. The Hall–Kier alpha value is -2.45. The number of nitrogens with one attached hydrogen (secondary N) is 1. The zero-order chi connectivity index (χ0) is 20.2. The van der Waals surface area contributed by atoms with Crippen LogP contribution in [0.1, 0.15) is 15.2 Å². The third-order valence-electron chi connectivity index (χ3n) is 5.21. The summed E-state index contributed by atoms with van der Waals surface area (Å²) in [6, 6.07) is 18.5. The monoisotopic (exact) mass is 463 g/mol. The first-order valence-corrected chi connectivity index (χ1v) is 10.6. The van der Waals surface area contributed by atoms with Crippen LogP contribution in [0.3, 0.4) is 0 Å². The summed E-state index contributed by atoms with van der Waals surface area (Å²) in [5, 5.41) is 2.92. The molecule has 0 unspecified atom stereocenters. The topological polar surface area (TPSA) is 67.1 Å². The maximum Gasteiger partial charge on any atom is 0.261 e. The molecule has 1 fully saturated rings. The van der Waals surface area contributed by atoms with E-state index in [-0.39, 0.29) is 29.6 Å². The van der Waals surface area contributed by atoms with Crippen molar-refractivity contribution in [1.29, 1.82) is 0 Å². The molecule has 166 valence electrons. The van der Waals surface area contributed by atoms with Gasteiger partial charge in [0.2, 0.25) is 0 Å². The molecule has 1 amide bonds. The second-order valence-corrected chi connectivity index (χ2v) is 8.36. The van der Waals surface area contributed by atoms with Gasteiger partial charge in [-0.2, -0.15) is 0 Å². The van der Waals surface area contributed by atoms with Gasteiger partial charge in [-0.15, -0.1) is 23.7 Å². The molecule has 5 nitrogen and oxygen atoms in total. The van der Waals surface area contributed by atoms with Gasteiger partial charge >= 0.3 is 0 Å². The van der Waals surface area contributed by atoms with Gasteiger partial charge in [-0.1, -0.05) is 30.3 Å². The fourth-order valence-corrected chi connectivity index (χ4v) is 4.44. The molecule has 0 aliphatic carbocycles. The zero-order valence-corrected chi connectivity index (χ0v) is 18.9. The molecule has 1 aliphatic heterocycles. The van der Waals surface area contributed by atoms with Crippen LogP contribution in [-0.4, -0.2) is 49.5 Å². The SMILES string of the molecule is CN1CCN(c2ccccc2-c2ccc(C(=O)NCc3ccc(F)cc3)s2)CC1.Cl.O. The van der Waals surface area contributed by atoms with Crippen LogP contribution in [0.4, 0.5) is 10.1 Å². The first kappa shape index (κ1) is 24.8. The summed E-state index contributed by atoms with van der Waals surface area (Å²) in [7, 11) is 2.15. The maximum atomic E-state index is 13.0. The number of hydrogen-bond donors (Lipinski definition) is 1. The van der Waals surface area contributed by atoms with Crippen molar-refractivity contribution in [3.05, 3.63) is 76.9 Å². The number of nitrogens with zero attached hydrogens (tertiary/aromatic N) is 2. The Bertz CT molecular complexity index is 988. The number of rotatable bonds is 5. The van der Waals surface area contributed by atoms with Crippen molar-refractivity contribution in [3.63, 3.8) is 0 Å². The van der Waals surface area contributed by atoms with Crippen LogP contribution in [0.15, 0.2) is 60.7 Å². The van der Waals surface area contributed by atoms with Crippen LogP contribution in [0.2, 0.25) is 0 Å². The van der Waals surface area contributed by atoms with Crippen molar-refractivity contribution in [1.82, 2.24) is 10.2 Å². The number of hydrogen-bond acceptors (Lipinski definition) is 4. The molecule has 3 N–H and O–H groups in total. The van der Waals surface area contributed by atoms with Crippen molar-refractivity contribution in [2.24, 2.45) is 0 Å². The molecule has 1 aliphatic rings. The molecule has 8 heteroatoms. The number of thiophene rings is 1. The van der Waals surface area contributed by atoms with E-state index in [9.17, 15) is 9.18 Å². The van der Waals surface area contributed by atoms with Crippen molar-refractivity contribution < 1.29 is 14.7 Å². The summed E-state index contributed by atoms with van der Waals surface area (Å²) in [5.74, 6) is -0.385. The van der Waals surface area contributed by atoms with Crippen molar-refractivity contribution >= 4 is 35.3 Å². The molecule has 1 aromatic heterocycles. The number of amides is 1. The maximum absolute atomic E-state index is 13.0. The Kier molecular flexibility index (Phi) is 9.00. The van der Waals surface area contributed by atoms with E-state index in [2.05, 4.69) is 40.4 Å². The van der Waals surface area contributed by atoms with Crippen LogP contribution in [-0.2, 0) is 6.54 Å². The number of piperazine rings is 1. The summed E-state index contributed by atoms with van der Waals surface area (Å²) in [6.07, 6.45) is 0. The van der Waals surface area contributed by atoms with Gasteiger partial charge in [0.25, 0.3) is 5.91 Å². The number of carbonyl (C=O) groups is 1. The Balaban J connectivity index is 0.00000171. The van der Waals surface area contributed by atoms with E-state index in [1.807, 2.05) is 18.2 Å². The highest BCUT2D eigenvalue weighted by Crippen LogP contribution is 2.35. The highest BCUT2D eigenvalue weighted by atomic mass is 35.5. The average Bonchev–Trinajstić information content (AvgIpc) is 3.24. The van der Waals surface area contributed by atoms with E-state index in [0.29, 0.717) is 11.4 Å². The van der Waals surface area contributed by atoms with Crippen molar-refractivity contribution in [3.8, 4) is 10.4 Å². The number of carbonyl (C=O) groups excluding carboxylic acids is 1. The van der Waals surface area contributed by atoms with Gasteiger partial charge in [-0.05, 0) is 42.9 Å². The third kappa shape index (κ3) is 6.04. The normalized spacial score (nSPS) is 13.8. The molecule has 3 aromatic rings. The fraction of sp³-hybridized carbons (Fsp3) is 0.261. The van der Waals surface area contributed by atoms with E-state index in [4.69, 9.17) is 0 Å². The second-order valence-electron chi connectivity index (χ2n) is 7.28. The number of halogens is 2. The highest BCUT2D eigenvalue weighted by molar-refractivity contribution is 7.17. The Morgan fingerprint density at radius 3 is 2.39 bits per heavy atom. The van der Waals surface area contributed by atoms with E-state index >= 15 is 0 Å². The van der Waals surface area contributed by atoms with E-state index in [0.717, 1.165) is 36.6 Å². The van der Waals surface area contributed by atoms with Crippen LogP contribution in [0, 0.1) is 5.82 Å². The van der Waals surface area contributed by atoms with Crippen LogP contribution in [0.5, 0.6) is 0 Å². The van der Waals surface area contributed by atoms with Gasteiger partial charge in [0.15, 0.2) is 0 Å². The quantitative estimate of drug-likeness (QED) is 0.625. The summed E-state index contributed by atoms with van der Waals surface area (Å²) >= 11 is 1.50. The molecule has 2 heterocycles. The number of anilines is 1. The molecule has 1 saturated heterocycles. The lowest BCUT2D eigenvalue weighted by atomic mass is 10.1. The largest absolute Gasteiger partial charge is 0.412 e. The Morgan fingerprint density at radius 1 is 1.00 bits per heavy atom.